The Morgan fingerprint density at radius 1 is 0.548 bits per heavy atom. The summed E-state index contributed by atoms with van der Waals surface area (Å²) in [5.74, 6) is 0.381. The van der Waals surface area contributed by atoms with Gasteiger partial charge in [0.15, 0.2) is 0 Å². The molecule has 0 amide bonds. The lowest BCUT2D eigenvalue weighted by Crippen LogP contribution is -2.29. The van der Waals surface area contributed by atoms with E-state index in [4.69, 9.17) is 18.9 Å². The molecule has 0 aromatic heterocycles. The van der Waals surface area contributed by atoms with Gasteiger partial charge in [-0.1, -0.05) is 81.4 Å². The van der Waals surface area contributed by atoms with Gasteiger partial charge in [0.2, 0.25) is 0 Å². The summed E-state index contributed by atoms with van der Waals surface area (Å²) in [6.45, 7) is 10.1. The minimum Gasteiger partial charge on any atom is -0.378 e. The highest BCUT2D eigenvalue weighted by molar-refractivity contribution is 5.14. The summed E-state index contributed by atoms with van der Waals surface area (Å²) in [6, 6.07) is 20.4. The van der Waals surface area contributed by atoms with Crippen molar-refractivity contribution < 1.29 is 18.9 Å². The van der Waals surface area contributed by atoms with Gasteiger partial charge >= 0.3 is 0 Å². The van der Waals surface area contributed by atoms with Crippen LogP contribution >= 0.6 is 0 Å². The van der Waals surface area contributed by atoms with E-state index in [9.17, 15) is 0 Å². The van der Waals surface area contributed by atoms with Crippen molar-refractivity contribution in [2.24, 2.45) is 5.92 Å². The Morgan fingerprint density at radius 3 is 1.42 bits per heavy atom. The smallest absolute Gasteiger partial charge is 0.104 e. The van der Waals surface area contributed by atoms with E-state index in [-0.39, 0.29) is 6.10 Å². The molecule has 0 heterocycles. The number of ether oxygens (including phenoxy) is 4. The van der Waals surface area contributed by atoms with Gasteiger partial charge in [-0.3, -0.25) is 0 Å². The highest BCUT2D eigenvalue weighted by Gasteiger charge is 2.16. The minimum absolute atomic E-state index is 0.102. The third kappa shape index (κ3) is 10.9. The normalized spacial score (nSPS) is 12.5. The Morgan fingerprint density at radius 2 is 1.00 bits per heavy atom. The zero-order valence-corrected chi connectivity index (χ0v) is 19.5. The second-order valence-corrected chi connectivity index (χ2v) is 8.00. The molecule has 2 rings (SSSR count). The van der Waals surface area contributed by atoms with Gasteiger partial charge in [-0.05, 0) is 30.4 Å². The fourth-order valence-corrected chi connectivity index (χ4v) is 3.26. The third-order valence-electron chi connectivity index (χ3n) is 5.45. The largest absolute Gasteiger partial charge is 0.378 e. The maximum absolute atomic E-state index is 6.24. The molecular formula is C27H40O4. The summed E-state index contributed by atoms with van der Waals surface area (Å²) in [5, 5.41) is 0. The topological polar surface area (TPSA) is 36.9 Å². The van der Waals surface area contributed by atoms with Crippen molar-refractivity contribution in [1.82, 2.24) is 0 Å². The Balaban J connectivity index is 1.80. The molecule has 0 saturated heterocycles. The molecule has 4 heteroatoms. The van der Waals surface area contributed by atoms with E-state index in [2.05, 4.69) is 45.0 Å². The van der Waals surface area contributed by atoms with Crippen LogP contribution in [0, 0.1) is 5.92 Å². The van der Waals surface area contributed by atoms with Crippen molar-refractivity contribution in [3.63, 3.8) is 0 Å². The standard InChI is InChI=1S/C27H40O4/c1-4-23(19-30-26(5-2)6-3)20-31-27(21-28-17-24-13-9-7-10-14-24)22-29-18-25-15-11-8-12-16-25/h7-16,23,26-27H,4-6,17-22H2,1-3H3. The van der Waals surface area contributed by atoms with Gasteiger partial charge in [0, 0.05) is 5.92 Å². The summed E-state index contributed by atoms with van der Waals surface area (Å²) in [7, 11) is 0. The van der Waals surface area contributed by atoms with Crippen molar-refractivity contribution in [3.05, 3.63) is 71.8 Å². The van der Waals surface area contributed by atoms with Crippen LogP contribution in [-0.4, -0.2) is 38.6 Å². The number of hydrogen-bond donors (Lipinski definition) is 0. The quantitative estimate of drug-likeness (QED) is 0.308. The first-order valence-corrected chi connectivity index (χ1v) is 11.7. The summed E-state index contributed by atoms with van der Waals surface area (Å²) in [4.78, 5) is 0. The van der Waals surface area contributed by atoms with Crippen molar-refractivity contribution in [2.75, 3.05) is 26.4 Å². The fourth-order valence-electron chi connectivity index (χ4n) is 3.26. The highest BCUT2D eigenvalue weighted by Crippen LogP contribution is 2.12. The maximum atomic E-state index is 6.24. The first-order chi connectivity index (χ1) is 15.2. The predicted octanol–water partition coefficient (Wildman–Crippen LogP) is 6.04. The molecule has 0 aliphatic carbocycles. The van der Waals surface area contributed by atoms with Crippen molar-refractivity contribution in [1.29, 1.82) is 0 Å². The summed E-state index contributed by atoms with van der Waals surface area (Å²) < 4.78 is 24.2. The van der Waals surface area contributed by atoms with Crippen LogP contribution in [0.15, 0.2) is 60.7 Å². The van der Waals surface area contributed by atoms with Crippen LogP contribution in [0.5, 0.6) is 0 Å². The number of hydrogen-bond acceptors (Lipinski definition) is 4. The zero-order chi connectivity index (χ0) is 22.2. The van der Waals surface area contributed by atoms with E-state index in [1.165, 1.54) is 0 Å². The summed E-state index contributed by atoms with van der Waals surface area (Å²) >= 11 is 0. The SMILES string of the molecule is CCC(COC(CC)CC)COC(COCc1ccccc1)COCc1ccccc1. The van der Waals surface area contributed by atoms with Crippen LogP contribution < -0.4 is 0 Å². The molecule has 0 radical (unpaired) electrons. The molecule has 172 valence electrons. The molecular weight excluding hydrogens is 388 g/mol. The molecule has 1 unspecified atom stereocenters. The van der Waals surface area contributed by atoms with E-state index in [0.717, 1.165) is 37.0 Å². The first kappa shape index (κ1) is 25.5. The van der Waals surface area contributed by atoms with Gasteiger partial charge in [0.05, 0.1) is 45.7 Å². The van der Waals surface area contributed by atoms with E-state index >= 15 is 0 Å². The van der Waals surface area contributed by atoms with Gasteiger partial charge in [0.25, 0.3) is 0 Å². The number of benzene rings is 2. The van der Waals surface area contributed by atoms with E-state index in [1.54, 1.807) is 0 Å². The van der Waals surface area contributed by atoms with Crippen LogP contribution in [0.25, 0.3) is 0 Å². The monoisotopic (exact) mass is 428 g/mol. The zero-order valence-electron chi connectivity index (χ0n) is 19.5. The second kappa shape index (κ2) is 16.0. The molecule has 0 saturated carbocycles. The molecule has 0 spiro atoms. The third-order valence-corrected chi connectivity index (χ3v) is 5.45. The lowest BCUT2D eigenvalue weighted by Gasteiger charge is -2.23. The van der Waals surface area contributed by atoms with E-state index < -0.39 is 0 Å². The maximum Gasteiger partial charge on any atom is 0.104 e. The Kier molecular flexibility index (Phi) is 13.2. The fraction of sp³-hybridized carbons (Fsp3) is 0.556. The molecule has 0 N–H and O–H groups in total. The predicted molar refractivity (Wildman–Crippen MR) is 126 cm³/mol. The van der Waals surface area contributed by atoms with Crippen LogP contribution in [0.1, 0.15) is 51.2 Å². The van der Waals surface area contributed by atoms with E-state index in [1.807, 2.05) is 36.4 Å². The Labute approximate surface area is 188 Å². The molecule has 2 aromatic rings. The molecule has 1 atom stereocenters. The molecule has 0 aliphatic rings. The second-order valence-electron chi connectivity index (χ2n) is 8.00. The molecule has 4 nitrogen and oxygen atoms in total. The van der Waals surface area contributed by atoms with Crippen molar-refractivity contribution in [3.8, 4) is 0 Å². The van der Waals surface area contributed by atoms with Crippen molar-refractivity contribution in [2.45, 2.75) is 65.5 Å². The van der Waals surface area contributed by atoms with Crippen molar-refractivity contribution >= 4 is 0 Å². The summed E-state index contributed by atoms with van der Waals surface area (Å²) in [5.41, 5.74) is 2.33. The van der Waals surface area contributed by atoms with Gasteiger partial charge in [0.1, 0.15) is 6.10 Å². The summed E-state index contributed by atoms with van der Waals surface area (Å²) in [6.07, 6.45) is 3.37. The number of rotatable bonds is 17. The van der Waals surface area contributed by atoms with Gasteiger partial charge in [-0.15, -0.1) is 0 Å². The molecule has 0 aliphatic heterocycles. The average Bonchev–Trinajstić information content (AvgIpc) is 2.82. The Bertz CT molecular complexity index is 612. The molecule has 0 bridgehead atoms. The van der Waals surface area contributed by atoms with Crippen LogP contribution in [-0.2, 0) is 32.2 Å². The molecule has 31 heavy (non-hydrogen) atoms. The van der Waals surface area contributed by atoms with Gasteiger partial charge < -0.3 is 18.9 Å². The van der Waals surface area contributed by atoms with Gasteiger partial charge in [-0.25, -0.2) is 0 Å². The Hall–Kier alpha value is -1.72. The molecule has 2 aromatic carbocycles. The lowest BCUT2D eigenvalue weighted by atomic mass is 10.1. The molecule has 0 fully saturated rings. The van der Waals surface area contributed by atoms with Gasteiger partial charge in [-0.2, -0.15) is 0 Å². The average molecular weight is 429 g/mol. The van der Waals surface area contributed by atoms with Crippen LogP contribution in [0.2, 0.25) is 0 Å². The van der Waals surface area contributed by atoms with Crippen LogP contribution in [0.3, 0.4) is 0 Å². The highest BCUT2D eigenvalue weighted by atomic mass is 16.6. The van der Waals surface area contributed by atoms with Crippen LogP contribution in [0.4, 0.5) is 0 Å². The van der Waals surface area contributed by atoms with E-state index in [0.29, 0.717) is 45.1 Å². The lowest BCUT2D eigenvalue weighted by molar-refractivity contribution is -0.0855. The minimum atomic E-state index is -0.102. The first-order valence-electron chi connectivity index (χ1n) is 11.7.